The number of amides is 1. The van der Waals surface area contributed by atoms with Gasteiger partial charge in [-0.1, -0.05) is 18.2 Å². The molecular weight excluding hydrogens is 336 g/mol. The van der Waals surface area contributed by atoms with Crippen LogP contribution in [-0.4, -0.2) is 15.2 Å². The molecule has 0 atom stereocenters. The molecule has 0 aliphatic carbocycles. The fraction of sp³-hybridized carbons (Fsp3) is 0.182. The van der Waals surface area contributed by atoms with Gasteiger partial charge in [0.25, 0.3) is 5.91 Å². The van der Waals surface area contributed by atoms with Crippen molar-refractivity contribution in [3.05, 3.63) is 82.4 Å². The lowest BCUT2D eigenvalue weighted by Crippen LogP contribution is -2.25. The van der Waals surface area contributed by atoms with Crippen LogP contribution in [0.15, 0.2) is 54.1 Å². The Kier molecular flexibility index (Phi) is 5.00. The zero-order valence-electron chi connectivity index (χ0n) is 15.9. The van der Waals surface area contributed by atoms with E-state index >= 15 is 0 Å². The number of aromatic nitrogens is 2. The van der Waals surface area contributed by atoms with E-state index in [-0.39, 0.29) is 5.57 Å². The number of carbonyl (C=O) groups excluding carboxylic acids is 1. The molecule has 5 nitrogen and oxygen atoms in total. The summed E-state index contributed by atoms with van der Waals surface area (Å²) in [5.74, 6) is -0.426. The van der Waals surface area contributed by atoms with Crippen LogP contribution >= 0.6 is 0 Å². The van der Waals surface area contributed by atoms with Crippen LogP contribution in [0, 0.1) is 39.0 Å². The van der Waals surface area contributed by atoms with E-state index in [0.717, 1.165) is 34.0 Å². The van der Waals surface area contributed by atoms with Gasteiger partial charge >= 0.3 is 0 Å². The second kappa shape index (κ2) is 7.38. The maximum absolute atomic E-state index is 12.6. The molecule has 0 radical (unpaired) electrons. The largest absolute Gasteiger partial charge is 0.318 e. The van der Waals surface area contributed by atoms with Crippen LogP contribution in [0.2, 0.25) is 0 Å². The summed E-state index contributed by atoms with van der Waals surface area (Å²) >= 11 is 0. The molecule has 0 aliphatic heterocycles. The Bertz CT molecular complexity index is 1040. The maximum atomic E-state index is 12.6. The molecule has 0 fully saturated rings. The molecule has 136 valence electrons. The van der Waals surface area contributed by atoms with Crippen LogP contribution in [0.3, 0.4) is 0 Å². The monoisotopic (exact) mass is 358 g/mol. The summed E-state index contributed by atoms with van der Waals surface area (Å²) < 4.78 is 3.79. The number of benzene rings is 1. The van der Waals surface area contributed by atoms with Gasteiger partial charge in [-0.2, -0.15) is 5.26 Å². The highest BCUT2D eigenvalue weighted by molar-refractivity contribution is 6.06. The second-order valence-electron chi connectivity index (χ2n) is 6.56. The van der Waals surface area contributed by atoms with Crippen molar-refractivity contribution in [2.24, 2.45) is 0 Å². The third-order valence-corrected chi connectivity index (χ3v) is 4.63. The average Bonchev–Trinajstić information content (AvgIpc) is 3.12. The Morgan fingerprint density at radius 3 is 2.22 bits per heavy atom. The van der Waals surface area contributed by atoms with E-state index in [9.17, 15) is 10.1 Å². The lowest BCUT2D eigenvalue weighted by atomic mass is 10.1. The molecule has 27 heavy (non-hydrogen) atoms. The van der Waals surface area contributed by atoms with Crippen molar-refractivity contribution >= 4 is 12.0 Å². The van der Waals surface area contributed by atoms with Crippen molar-refractivity contribution in [1.29, 1.82) is 5.26 Å². The Labute approximate surface area is 159 Å². The average molecular weight is 358 g/mol. The summed E-state index contributed by atoms with van der Waals surface area (Å²) in [5.41, 5.74) is 8.58. The highest BCUT2D eigenvalue weighted by Crippen LogP contribution is 2.22. The number of nitriles is 1. The number of carbonyl (C=O) groups is 1. The molecule has 1 aromatic carbocycles. The van der Waals surface area contributed by atoms with E-state index < -0.39 is 5.91 Å². The summed E-state index contributed by atoms with van der Waals surface area (Å²) in [6.45, 7) is 7.79. The second-order valence-corrected chi connectivity index (χ2v) is 6.56. The van der Waals surface area contributed by atoms with Crippen molar-refractivity contribution in [1.82, 2.24) is 9.24 Å². The van der Waals surface area contributed by atoms with Crippen LogP contribution in [0.4, 0.5) is 0 Å². The first-order valence-electron chi connectivity index (χ1n) is 8.75. The van der Waals surface area contributed by atoms with E-state index in [1.165, 1.54) is 0 Å². The highest BCUT2D eigenvalue weighted by atomic mass is 16.2. The van der Waals surface area contributed by atoms with E-state index in [1.54, 1.807) is 10.8 Å². The van der Waals surface area contributed by atoms with Gasteiger partial charge in [0.2, 0.25) is 0 Å². The molecular formula is C22H22N4O. The molecule has 3 rings (SSSR count). The van der Waals surface area contributed by atoms with E-state index in [4.69, 9.17) is 0 Å². The number of hydrogen-bond donors (Lipinski definition) is 1. The van der Waals surface area contributed by atoms with E-state index in [1.807, 2.05) is 82.3 Å². The summed E-state index contributed by atoms with van der Waals surface area (Å²) in [5, 5.41) is 9.51. The number of aryl methyl sites for hydroxylation is 3. The van der Waals surface area contributed by atoms with Crippen molar-refractivity contribution in [3.8, 4) is 11.8 Å². The van der Waals surface area contributed by atoms with Gasteiger partial charge in [0, 0.05) is 28.5 Å². The minimum atomic E-state index is -0.426. The van der Waals surface area contributed by atoms with Gasteiger partial charge < -0.3 is 4.57 Å². The van der Waals surface area contributed by atoms with Gasteiger partial charge in [-0.15, -0.1) is 0 Å². The number of nitrogens with zero attached hydrogens (tertiary/aromatic N) is 3. The van der Waals surface area contributed by atoms with Crippen LogP contribution in [0.5, 0.6) is 0 Å². The first-order chi connectivity index (χ1) is 12.9. The van der Waals surface area contributed by atoms with Crippen LogP contribution < -0.4 is 5.43 Å². The minimum Gasteiger partial charge on any atom is -0.318 e. The van der Waals surface area contributed by atoms with E-state index in [2.05, 4.69) is 9.99 Å². The number of nitrogens with one attached hydrogen (secondary N) is 1. The zero-order valence-corrected chi connectivity index (χ0v) is 15.9. The molecule has 0 aliphatic rings. The van der Waals surface area contributed by atoms with Crippen LogP contribution in [-0.2, 0) is 4.79 Å². The summed E-state index contributed by atoms with van der Waals surface area (Å²) in [6.07, 6.45) is 1.64. The Balaban J connectivity index is 1.95. The molecule has 0 saturated heterocycles. The number of para-hydroxylation sites is 1. The van der Waals surface area contributed by atoms with Crippen LogP contribution in [0.1, 0.15) is 28.3 Å². The summed E-state index contributed by atoms with van der Waals surface area (Å²) in [7, 11) is 0. The van der Waals surface area contributed by atoms with E-state index in [0.29, 0.717) is 0 Å². The molecule has 0 saturated carbocycles. The quantitative estimate of drug-likeness (QED) is 0.561. The first-order valence-corrected chi connectivity index (χ1v) is 8.75. The molecule has 0 unspecified atom stereocenters. The fourth-order valence-electron chi connectivity index (χ4n) is 3.22. The predicted molar refractivity (Wildman–Crippen MR) is 107 cm³/mol. The van der Waals surface area contributed by atoms with Crippen molar-refractivity contribution in [2.75, 3.05) is 5.43 Å². The lowest BCUT2D eigenvalue weighted by molar-refractivity contribution is -0.113. The van der Waals surface area contributed by atoms with Crippen molar-refractivity contribution in [3.63, 3.8) is 0 Å². The smallest absolute Gasteiger partial charge is 0.280 e. The zero-order chi connectivity index (χ0) is 19.6. The minimum absolute atomic E-state index is 0.0656. The molecule has 1 amide bonds. The number of hydrogen-bond acceptors (Lipinski definition) is 2. The van der Waals surface area contributed by atoms with Gasteiger partial charge in [0.1, 0.15) is 11.6 Å². The molecule has 0 spiro atoms. The molecule has 1 N–H and O–H groups in total. The third kappa shape index (κ3) is 3.56. The van der Waals surface area contributed by atoms with Gasteiger partial charge in [-0.05, 0) is 69.7 Å². The normalized spacial score (nSPS) is 11.3. The Morgan fingerprint density at radius 2 is 1.63 bits per heavy atom. The molecule has 3 aromatic rings. The molecule has 2 aromatic heterocycles. The SMILES string of the molecule is Cc1ccc(C)n1NC(=O)/C(C#N)=C/c1cc(C)n(-c2ccccc2)c1C. The Morgan fingerprint density at radius 1 is 1.00 bits per heavy atom. The summed E-state index contributed by atoms with van der Waals surface area (Å²) in [4.78, 5) is 12.6. The first kappa shape index (κ1) is 18.3. The van der Waals surface area contributed by atoms with Crippen LogP contribution in [0.25, 0.3) is 11.8 Å². The lowest BCUT2D eigenvalue weighted by Gasteiger charge is -2.11. The third-order valence-electron chi connectivity index (χ3n) is 4.63. The predicted octanol–water partition coefficient (Wildman–Crippen LogP) is 4.19. The van der Waals surface area contributed by atoms with Gasteiger partial charge in [-0.25, -0.2) is 0 Å². The van der Waals surface area contributed by atoms with Crippen molar-refractivity contribution in [2.45, 2.75) is 27.7 Å². The van der Waals surface area contributed by atoms with Gasteiger partial charge in [0.05, 0.1) is 0 Å². The standard InChI is InChI=1S/C22H22N4O/c1-15-10-11-16(2)26(15)24-22(27)20(14-23)13-19-12-17(3)25(18(19)4)21-8-6-5-7-9-21/h5-13H,1-4H3,(H,24,27)/b20-13+. The molecule has 2 heterocycles. The highest BCUT2D eigenvalue weighted by Gasteiger charge is 2.15. The molecule has 0 bridgehead atoms. The van der Waals surface area contributed by atoms with Gasteiger partial charge in [0.15, 0.2) is 0 Å². The summed E-state index contributed by atoms with van der Waals surface area (Å²) in [6, 6.07) is 17.8. The maximum Gasteiger partial charge on any atom is 0.280 e. The van der Waals surface area contributed by atoms with Crippen molar-refractivity contribution < 1.29 is 4.79 Å². The molecule has 5 heteroatoms. The topological polar surface area (TPSA) is 62.8 Å². The van der Waals surface area contributed by atoms with Gasteiger partial charge in [-0.3, -0.25) is 14.9 Å². The fourth-order valence-corrected chi connectivity index (χ4v) is 3.22. The Hall–Kier alpha value is -3.52. The number of rotatable bonds is 4.